The minimum absolute atomic E-state index is 0.150. The van der Waals surface area contributed by atoms with Crippen molar-refractivity contribution in [1.29, 1.82) is 0 Å². The third kappa shape index (κ3) is 3.61. The number of hydrogen-bond acceptors (Lipinski definition) is 5. The molecule has 112 valence electrons. The van der Waals surface area contributed by atoms with Crippen LogP contribution in [0.3, 0.4) is 0 Å². The maximum atomic E-state index is 6.25. The lowest BCUT2D eigenvalue weighted by molar-refractivity contribution is 0.252. The number of hydrogen-bond donors (Lipinski definition) is 1. The van der Waals surface area contributed by atoms with Crippen LogP contribution >= 0.6 is 0 Å². The molecule has 1 unspecified atom stereocenters. The molecule has 5 nitrogen and oxygen atoms in total. The molecule has 0 saturated heterocycles. The molecule has 1 fully saturated rings. The van der Waals surface area contributed by atoms with Gasteiger partial charge in [0.1, 0.15) is 5.75 Å². The Morgan fingerprint density at radius 2 is 1.95 bits per heavy atom. The number of ether oxygens (including phenoxy) is 1. The van der Waals surface area contributed by atoms with Crippen LogP contribution in [0.1, 0.15) is 49.9 Å². The lowest BCUT2D eigenvalue weighted by Gasteiger charge is -2.24. The van der Waals surface area contributed by atoms with E-state index in [4.69, 9.17) is 15.0 Å². The Kier molecular flexibility index (Phi) is 4.50. The Morgan fingerprint density at radius 1 is 1.19 bits per heavy atom. The lowest BCUT2D eigenvalue weighted by atomic mass is 9.84. The van der Waals surface area contributed by atoms with E-state index in [9.17, 15) is 0 Å². The zero-order valence-corrected chi connectivity index (χ0v) is 12.1. The van der Waals surface area contributed by atoms with Gasteiger partial charge in [0, 0.05) is 0 Å². The van der Waals surface area contributed by atoms with Gasteiger partial charge in [-0.2, -0.15) is 4.98 Å². The van der Waals surface area contributed by atoms with E-state index in [1.165, 1.54) is 19.3 Å². The van der Waals surface area contributed by atoms with Crippen LogP contribution in [0.2, 0.25) is 0 Å². The van der Waals surface area contributed by atoms with Gasteiger partial charge in [-0.05, 0) is 30.9 Å². The topological polar surface area (TPSA) is 74.2 Å². The van der Waals surface area contributed by atoms with Gasteiger partial charge in [-0.15, -0.1) is 0 Å². The molecule has 1 aliphatic carbocycles. The van der Waals surface area contributed by atoms with E-state index in [1.807, 2.05) is 30.3 Å². The maximum Gasteiger partial charge on any atom is 0.243 e. The van der Waals surface area contributed by atoms with Gasteiger partial charge in [0.15, 0.2) is 6.61 Å². The molecule has 5 heteroatoms. The van der Waals surface area contributed by atoms with Crippen LogP contribution in [0.25, 0.3) is 0 Å². The van der Waals surface area contributed by atoms with Gasteiger partial charge >= 0.3 is 0 Å². The molecule has 2 aromatic rings. The minimum atomic E-state index is -0.150. The fourth-order valence-corrected chi connectivity index (χ4v) is 2.82. The Balaban J connectivity index is 1.58. The van der Waals surface area contributed by atoms with Crippen LogP contribution in [0.5, 0.6) is 5.75 Å². The zero-order valence-electron chi connectivity index (χ0n) is 12.1. The first kappa shape index (κ1) is 14.1. The van der Waals surface area contributed by atoms with Gasteiger partial charge in [-0.3, -0.25) is 0 Å². The Morgan fingerprint density at radius 3 is 2.71 bits per heavy atom. The fraction of sp³-hybridized carbons (Fsp3) is 0.500. The van der Waals surface area contributed by atoms with Crippen molar-refractivity contribution in [2.75, 3.05) is 0 Å². The van der Waals surface area contributed by atoms with E-state index in [0.717, 1.165) is 18.6 Å². The molecule has 0 aliphatic heterocycles. The lowest BCUT2D eigenvalue weighted by Crippen LogP contribution is -2.23. The first-order valence-electron chi connectivity index (χ1n) is 7.59. The number of nitrogens with zero attached hydrogens (tertiary/aromatic N) is 2. The van der Waals surface area contributed by atoms with Gasteiger partial charge in [-0.1, -0.05) is 42.6 Å². The Labute approximate surface area is 124 Å². The first-order valence-corrected chi connectivity index (χ1v) is 7.59. The summed E-state index contributed by atoms with van der Waals surface area (Å²) in [6, 6.07) is 9.45. The molecule has 0 bridgehead atoms. The second-order valence-electron chi connectivity index (χ2n) is 5.57. The highest BCUT2D eigenvalue weighted by molar-refractivity contribution is 5.20. The molecule has 1 saturated carbocycles. The highest BCUT2D eigenvalue weighted by Gasteiger charge is 2.26. The van der Waals surface area contributed by atoms with Crippen molar-refractivity contribution in [3.63, 3.8) is 0 Å². The van der Waals surface area contributed by atoms with Crippen LogP contribution in [0.15, 0.2) is 34.9 Å². The van der Waals surface area contributed by atoms with Crippen molar-refractivity contribution in [2.24, 2.45) is 11.7 Å². The summed E-state index contributed by atoms with van der Waals surface area (Å²) >= 11 is 0. The molecule has 1 heterocycles. The summed E-state index contributed by atoms with van der Waals surface area (Å²) in [4.78, 5) is 4.37. The number of benzene rings is 1. The van der Waals surface area contributed by atoms with Crippen LogP contribution in [0.4, 0.5) is 0 Å². The number of aromatic nitrogens is 2. The highest BCUT2D eigenvalue weighted by atomic mass is 16.5. The number of para-hydroxylation sites is 1. The van der Waals surface area contributed by atoms with Crippen molar-refractivity contribution in [2.45, 2.75) is 44.8 Å². The first-order chi connectivity index (χ1) is 10.3. The van der Waals surface area contributed by atoms with E-state index in [0.29, 0.717) is 24.2 Å². The summed E-state index contributed by atoms with van der Waals surface area (Å²) in [5.41, 5.74) is 6.25. The third-order valence-corrected chi connectivity index (χ3v) is 4.04. The standard InChI is InChI=1S/C16H21N3O2/c17-15(12-7-3-1-4-8-12)16-18-14(19-21-16)11-20-13-9-5-2-6-10-13/h2,5-6,9-10,12,15H,1,3-4,7-8,11,17H2. The van der Waals surface area contributed by atoms with E-state index in [1.54, 1.807) is 0 Å². The molecule has 0 radical (unpaired) electrons. The average molecular weight is 287 g/mol. The average Bonchev–Trinajstić information content (AvgIpc) is 3.03. The quantitative estimate of drug-likeness (QED) is 0.913. The molecule has 1 aromatic carbocycles. The molecule has 21 heavy (non-hydrogen) atoms. The van der Waals surface area contributed by atoms with Gasteiger partial charge in [0.2, 0.25) is 11.7 Å². The minimum Gasteiger partial charge on any atom is -0.485 e. The predicted molar refractivity (Wildman–Crippen MR) is 78.6 cm³/mol. The molecule has 1 aliphatic rings. The van der Waals surface area contributed by atoms with E-state index < -0.39 is 0 Å². The van der Waals surface area contributed by atoms with Crippen LogP contribution in [0, 0.1) is 5.92 Å². The second-order valence-corrected chi connectivity index (χ2v) is 5.57. The van der Waals surface area contributed by atoms with Crippen LogP contribution in [-0.2, 0) is 6.61 Å². The Bertz CT molecular complexity index is 550. The van der Waals surface area contributed by atoms with E-state index >= 15 is 0 Å². The molecule has 0 spiro atoms. The monoisotopic (exact) mass is 287 g/mol. The van der Waals surface area contributed by atoms with Crippen LogP contribution in [-0.4, -0.2) is 10.1 Å². The van der Waals surface area contributed by atoms with E-state index in [2.05, 4.69) is 10.1 Å². The van der Waals surface area contributed by atoms with Crippen molar-refractivity contribution in [3.8, 4) is 5.75 Å². The second kappa shape index (κ2) is 6.72. The number of nitrogens with two attached hydrogens (primary N) is 1. The number of rotatable bonds is 5. The summed E-state index contributed by atoms with van der Waals surface area (Å²) in [6.45, 7) is 0.297. The van der Waals surface area contributed by atoms with Gasteiger partial charge in [-0.25, -0.2) is 0 Å². The molecule has 3 rings (SSSR count). The smallest absolute Gasteiger partial charge is 0.243 e. The van der Waals surface area contributed by atoms with Gasteiger partial charge < -0.3 is 15.0 Å². The third-order valence-electron chi connectivity index (χ3n) is 4.04. The normalized spacial score (nSPS) is 17.6. The van der Waals surface area contributed by atoms with Gasteiger partial charge in [0.05, 0.1) is 6.04 Å². The zero-order chi connectivity index (χ0) is 14.5. The molecule has 1 aromatic heterocycles. The maximum absolute atomic E-state index is 6.25. The van der Waals surface area contributed by atoms with E-state index in [-0.39, 0.29) is 6.04 Å². The molecule has 0 amide bonds. The molecular formula is C16H21N3O2. The Hall–Kier alpha value is -1.88. The predicted octanol–water partition coefficient (Wildman–Crippen LogP) is 3.23. The summed E-state index contributed by atoms with van der Waals surface area (Å²) in [5.74, 6) is 2.33. The fourth-order valence-electron chi connectivity index (χ4n) is 2.82. The summed E-state index contributed by atoms with van der Waals surface area (Å²) < 4.78 is 10.9. The summed E-state index contributed by atoms with van der Waals surface area (Å²) in [7, 11) is 0. The van der Waals surface area contributed by atoms with Crippen molar-refractivity contribution >= 4 is 0 Å². The molecular weight excluding hydrogens is 266 g/mol. The van der Waals surface area contributed by atoms with Crippen molar-refractivity contribution < 1.29 is 9.26 Å². The van der Waals surface area contributed by atoms with Gasteiger partial charge in [0.25, 0.3) is 0 Å². The summed E-state index contributed by atoms with van der Waals surface area (Å²) in [5, 5.41) is 3.96. The molecule has 2 N–H and O–H groups in total. The largest absolute Gasteiger partial charge is 0.485 e. The molecule has 1 atom stereocenters. The highest BCUT2D eigenvalue weighted by Crippen LogP contribution is 2.32. The van der Waals surface area contributed by atoms with Crippen molar-refractivity contribution in [3.05, 3.63) is 42.0 Å². The SMILES string of the molecule is NC(c1nc(COc2ccccc2)no1)C1CCCCC1. The van der Waals surface area contributed by atoms with Crippen LogP contribution < -0.4 is 10.5 Å². The van der Waals surface area contributed by atoms with Crippen molar-refractivity contribution in [1.82, 2.24) is 10.1 Å². The summed E-state index contributed by atoms with van der Waals surface area (Å²) in [6.07, 6.45) is 6.11.